The quantitative estimate of drug-likeness (QED) is 0.0760. The van der Waals surface area contributed by atoms with E-state index in [2.05, 4.69) is 21.3 Å². The van der Waals surface area contributed by atoms with Crippen LogP contribution in [0.25, 0.3) is 0 Å². The van der Waals surface area contributed by atoms with E-state index in [1.165, 1.54) is 0 Å². The molecule has 0 unspecified atom stereocenters. The number of anilines is 8. The number of ether oxygens (including phenoxy) is 4. The number of benzene rings is 6. The number of fused-ring (bicyclic) bond motifs is 2. The Morgan fingerprint density at radius 3 is 0.696 bits per heavy atom. The van der Waals surface area contributed by atoms with Crippen LogP contribution in [0.15, 0.2) is 121 Å². The van der Waals surface area contributed by atoms with E-state index in [-0.39, 0.29) is 33.8 Å². The van der Waals surface area contributed by atoms with E-state index in [0.29, 0.717) is 49.2 Å². The van der Waals surface area contributed by atoms with Gasteiger partial charge in [-0.05, 0) is 149 Å². The maximum atomic E-state index is 15.2. The number of nitrogens with one attached hydrogen (secondary N) is 4. The van der Waals surface area contributed by atoms with E-state index in [0.717, 1.165) is 45.7 Å². The van der Waals surface area contributed by atoms with Gasteiger partial charge in [0, 0.05) is 22.7 Å². The van der Waals surface area contributed by atoms with Crippen LogP contribution in [0.1, 0.15) is 59.5 Å². The topological polar surface area (TPSA) is 119 Å². The van der Waals surface area contributed by atoms with Gasteiger partial charge in [0.25, 0.3) is 0 Å². The highest BCUT2D eigenvalue weighted by atomic mass is 16.5. The smallest absolute Gasteiger partial charge is 0.198 e. The van der Waals surface area contributed by atoms with Gasteiger partial charge in [-0.1, -0.05) is 0 Å². The van der Waals surface area contributed by atoms with Gasteiger partial charge in [0.05, 0.1) is 71.4 Å². The third kappa shape index (κ3) is 8.09. The van der Waals surface area contributed by atoms with Gasteiger partial charge >= 0.3 is 0 Å². The van der Waals surface area contributed by atoms with Gasteiger partial charge in [-0.25, -0.2) is 0 Å². The second-order valence-electron chi connectivity index (χ2n) is 12.8. The molecule has 56 heavy (non-hydrogen) atoms. The van der Waals surface area contributed by atoms with E-state index in [1.807, 2.05) is 149 Å². The van der Waals surface area contributed by atoms with E-state index in [9.17, 15) is 0 Å². The number of carbonyl (C=O) groups excluding carboxylic acids is 2. The Morgan fingerprint density at radius 1 is 0.321 bits per heavy atom. The van der Waals surface area contributed by atoms with E-state index >= 15 is 9.59 Å². The summed E-state index contributed by atoms with van der Waals surface area (Å²) < 4.78 is 22.6. The van der Waals surface area contributed by atoms with Crippen molar-refractivity contribution in [3.63, 3.8) is 0 Å². The minimum atomic E-state index is -0.317. The fraction of sp³-hybridized carbons (Fsp3) is 0.174. The Morgan fingerprint density at radius 2 is 0.518 bits per heavy atom. The summed E-state index contributed by atoms with van der Waals surface area (Å²) in [7, 11) is 0. The van der Waals surface area contributed by atoms with Crippen LogP contribution < -0.4 is 40.2 Å². The van der Waals surface area contributed by atoms with Crippen molar-refractivity contribution in [1.82, 2.24) is 0 Å². The van der Waals surface area contributed by atoms with Crippen LogP contribution in [-0.4, -0.2) is 38.0 Å². The molecule has 0 aliphatic heterocycles. The number of carbonyl (C=O) groups is 2. The molecule has 7 rings (SSSR count). The maximum Gasteiger partial charge on any atom is 0.198 e. The first-order valence-electron chi connectivity index (χ1n) is 18.8. The molecule has 6 aromatic rings. The van der Waals surface area contributed by atoms with Crippen molar-refractivity contribution >= 4 is 57.1 Å². The molecule has 0 spiro atoms. The minimum absolute atomic E-state index is 0.250. The van der Waals surface area contributed by atoms with Gasteiger partial charge in [0.1, 0.15) is 23.0 Å². The standard InChI is InChI=1S/C46H44N4O6/c1-5-53-33-17-9-29(10-18-33)47-37-25-26-38(48-30-11-19-34(20-12-30)54-6-2)42-41(37)45(51)43-39(49-31-13-21-35(22-14-31)55-7-3)27-28-40(44(43)46(42)52)50-32-15-23-36(24-16-32)56-8-4/h9-28,47-50H,5-8H2,1-4H3. The molecule has 10 nitrogen and oxygen atoms in total. The predicted molar refractivity (Wildman–Crippen MR) is 223 cm³/mol. The van der Waals surface area contributed by atoms with Crippen molar-refractivity contribution < 1.29 is 28.5 Å². The summed E-state index contributed by atoms with van der Waals surface area (Å²) in [6.45, 7) is 9.89. The summed E-state index contributed by atoms with van der Waals surface area (Å²) in [5, 5.41) is 13.7. The highest BCUT2D eigenvalue weighted by Crippen LogP contribution is 2.44. The molecule has 4 N–H and O–H groups in total. The van der Waals surface area contributed by atoms with Crippen LogP contribution in [0.4, 0.5) is 45.5 Å². The van der Waals surface area contributed by atoms with Crippen LogP contribution >= 0.6 is 0 Å². The monoisotopic (exact) mass is 748 g/mol. The summed E-state index contributed by atoms with van der Waals surface area (Å²) in [6, 6.07) is 37.2. The SMILES string of the molecule is CCOc1ccc(Nc2ccc(Nc3ccc(OCC)cc3)c3c2C(=O)c2c(Nc4ccc(OCC)cc4)ccc(Nc4ccc(OCC)cc4)c2C3=O)cc1. The number of hydrogen-bond acceptors (Lipinski definition) is 10. The van der Waals surface area contributed by atoms with E-state index in [1.54, 1.807) is 0 Å². The Balaban J connectivity index is 1.36. The van der Waals surface area contributed by atoms with Gasteiger partial charge in [-0.3, -0.25) is 9.59 Å². The molecular formula is C46H44N4O6. The fourth-order valence-electron chi connectivity index (χ4n) is 6.64. The number of hydrogen-bond donors (Lipinski definition) is 4. The lowest BCUT2D eigenvalue weighted by Crippen LogP contribution is -2.25. The van der Waals surface area contributed by atoms with Crippen LogP contribution in [0.2, 0.25) is 0 Å². The van der Waals surface area contributed by atoms with Crippen LogP contribution in [0.3, 0.4) is 0 Å². The lowest BCUT2D eigenvalue weighted by Gasteiger charge is -2.27. The second kappa shape index (κ2) is 17.0. The molecule has 1 aliphatic carbocycles. The first kappa shape index (κ1) is 37.4. The Kier molecular flexibility index (Phi) is 11.4. The highest BCUT2D eigenvalue weighted by Gasteiger charge is 2.38. The third-order valence-electron chi connectivity index (χ3n) is 9.10. The summed E-state index contributed by atoms with van der Waals surface area (Å²) >= 11 is 0. The van der Waals surface area contributed by atoms with Gasteiger partial charge in [-0.15, -0.1) is 0 Å². The van der Waals surface area contributed by atoms with Crippen molar-refractivity contribution in [1.29, 1.82) is 0 Å². The Labute approximate surface area is 326 Å². The Hall–Kier alpha value is -6.94. The van der Waals surface area contributed by atoms with Crippen molar-refractivity contribution in [3.05, 3.63) is 144 Å². The normalized spacial score (nSPS) is 11.6. The zero-order chi connectivity index (χ0) is 39.0. The van der Waals surface area contributed by atoms with E-state index < -0.39 is 0 Å². The number of rotatable bonds is 16. The molecule has 284 valence electrons. The lowest BCUT2D eigenvalue weighted by molar-refractivity contribution is 0.0981. The molecule has 6 aromatic carbocycles. The summed E-state index contributed by atoms with van der Waals surface area (Å²) in [6.07, 6.45) is 0. The molecule has 0 bridgehead atoms. The molecule has 0 saturated carbocycles. The molecule has 1 aliphatic rings. The predicted octanol–water partition coefficient (Wildman–Crippen LogP) is 11.0. The average molecular weight is 749 g/mol. The van der Waals surface area contributed by atoms with Gasteiger partial charge < -0.3 is 40.2 Å². The molecular weight excluding hydrogens is 705 g/mol. The van der Waals surface area contributed by atoms with Crippen molar-refractivity contribution in [2.24, 2.45) is 0 Å². The van der Waals surface area contributed by atoms with Crippen LogP contribution in [-0.2, 0) is 0 Å². The molecule has 0 amide bonds. The van der Waals surface area contributed by atoms with Crippen molar-refractivity contribution in [2.75, 3.05) is 47.7 Å². The molecule has 0 heterocycles. The molecule has 0 atom stereocenters. The molecule has 10 heteroatoms. The first-order chi connectivity index (χ1) is 27.4. The van der Waals surface area contributed by atoms with Crippen LogP contribution in [0.5, 0.6) is 23.0 Å². The van der Waals surface area contributed by atoms with Gasteiger partial charge in [0.15, 0.2) is 11.6 Å². The maximum absolute atomic E-state index is 15.2. The minimum Gasteiger partial charge on any atom is -0.494 e. The third-order valence-corrected chi connectivity index (χ3v) is 9.10. The fourth-order valence-corrected chi connectivity index (χ4v) is 6.64. The second-order valence-corrected chi connectivity index (χ2v) is 12.8. The molecule has 0 saturated heterocycles. The Bertz CT molecular complexity index is 2000. The van der Waals surface area contributed by atoms with E-state index in [4.69, 9.17) is 18.9 Å². The number of ketones is 2. The summed E-state index contributed by atoms with van der Waals surface area (Å²) in [5.74, 6) is 2.28. The van der Waals surface area contributed by atoms with Crippen molar-refractivity contribution in [2.45, 2.75) is 27.7 Å². The zero-order valence-electron chi connectivity index (χ0n) is 31.8. The highest BCUT2D eigenvalue weighted by molar-refractivity contribution is 6.35. The van der Waals surface area contributed by atoms with Crippen molar-refractivity contribution in [3.8, 4) is 23.0 Å². The first-order valence-corrected chi connectivity index (χ1v) is 18.8. The van der Waals surface area contributed by atoms with Gasteiger partial charge in [0.2, 0.25) is 0 Å². The lowest BCUT2D eigenvalue weighted by atomic mass is 9.80. The van der Waals surface area contributed by atoms with Crippen LogP contribution in [0, 0.1) is 0 Å². The molecule has 0 radical (unpaired) electrons. The molecule has 0 aromatic heterocycles. The zero-order valence-corrected chi connectivity index (χ0v) is 31.8. The summed E-state index contributed by atoms with van der Waals surface area (Å²) in [4.78, 5) is 30.5. The summed E-state index contributed by atoms with van der Waals surface area (Å²) in [5.41, 5.74) is 5.87. The average Bonchev–Trinajstić information content (AvgIpc) is 3.21. The van der Waals surface area contributed by atoms with Gasteiger partial charge in [-0.2, -0.15) is 0 Å². The largest absolute Gasteiger partial charge is 0.494 e. The molecule has 0 fully saturated rings.